The fraction of sp³-hybridized carbons (Fsp3) is 0.333. The molecule has 2 aromatic rings. The zero-order valence-corrected chi connectivity index (χ0v) is 11.6. The summed E-state index contributed by atoms with van der Waals surface area (Å²) in [5.74, 6) is -0.634. The molecule has 1 aromatic carbocycles. The lowest BCUT2D eigenvalue weighted by atomic mass is 10.1. The van der Waals surface area contributed by atoms with Crippen LogP contribution in [-0.2, 0) is 0 Å². The molecule has 6 heteroatoms. The molecule has 0 spiro atoms. The van der Waals surface area contributed by atoms with Crippen LogP contribution < -0.4 is 10.9 Å². The number of carbonyl (C=O) groups is 1. The number of H-pyrrole nitrogens is 1. The van der Waals surface area contributed by atoms with Gasteiger partial charge in [0, 0.05) is 37.1 Å². The van der Waals surface area contributed by atoms with Gasteiger partial charge in [0.25, 0.3) is 5.91 Å². The number of nitrogens with zero attached hydrogens (tertiary/aromatic N) is 1. The van der Waals surface area contributed by atoms with Crippen LogP contribution in [0.4, 0.5) is 4.39 Å². The molecule has 1 saturated heterocycles. The van der Waals surface area contributed by atoms with Crippen molar-refractivity contribution < 1.29 is 9.18 Å². The van der Waals surface area contributed by atoms with E-state index in [9.17, 15) is 14.0 Å². The van der Waals surface area contributed by atoms with E-state index in [1.165, 1.54) is 24.3 Å². The van der Waals surface area contributed by atoms with E-state index in [1.54, 1.807) is 4.90 Å². The quantitative estimate of drug-likeness (QED) is 0.826. The minimum atomic E-state index is -0.446. The summed E-state index contributed by atoms with van der Waals surface area (Å²) in [7, 11) is 0. The first kappa shape index (κ1) is 13.8. The van der Waals surface area contributed by atoms with E-state index in [1.807, 2.05) is 6.92 Å². The summed E-state index contributed by atoms with van der Waals surface area (Å²) in [6, 6.07) is 5.40. The zero-order chi connectivity index (χ0) is 15.0. The van der Waals surface area contributed by atoms with Crippen LogP contribution in [0.2, 0.25) is 0 Å². The Balaban J connectivity index is 2.11. The van der Waals surface area contributed by atoms with Gasteiger partial charge in [-0.15, -0.1) is 0 Å². The van der Waals surface area contributed by atoms with Crippen molar-refractivity contribution in [2.75, 3.05) is 19.6 Å². The molecule has 5 nitrogen and oxygen atoms in total. The molecule has 1 amide bonds. The van der Waals surface area contributed by atoms with Crippen molar-refractivity contribution in [2.24, 2.45) is 0 Å². The first-order chi connectivity index (χ1) is 10.1. The molecule has 1 aromatic heterocycles. The Morgan fingerprint density at radius 3 is 2.95 bits per heavy atom. The van der Waals surface area contributed by atoms with Gasteiger partial charge in [0.15, 0.2) is 0 Å². The number of fused-ring (bicyclic) bond motifs is 1. The third kappa shape index (κ3) is 2.54. The summed E-state index contributed by atoms with van der Waals surface area (Å²) < 4.78 is 13.3. The number of pyridine rings is 1. The topological polar surface area (TPSA) is 65.2 Å². The maximum absolute atomic E-state index is 13.3. The van der Waals surface area contributed by atoms with Gasteiger partial charge in [-0.05, 0) is 25.1 Å². The molecule has 3 rings (SSSR count). The molecule has 2 heterocycles. The Morgan fingerprint density at radius 1 is 1.38 bits per heavy atom. The Morgan fingerprint density at radius 2 is 2.19 bits per heavy atom. The first-order valence-electron chi connectivity index (χ1n) is 6.90. The smallest absolute Gasteiger partial charge is 0.255 e. The molecule has 0 radical (unpaired) electrons. The lowest BCUT2D eigenvalue weighted by Crippen LogP contribution is -2.52. The number of amides is 1. The van der Waals surface area contributed by atoms with E-state index < -0.39 is 11.4 Å². The number of hydrogen-bond donors (Lipinski definition) is 2. The number of hydrogen-bond acceptors (Lipinski definition) is 3. The molecule has 0 saturated carbocycles. The van der Waals surface area contributed by atoms with Gasteiger partial charge in [0.1, 0.15) is 5.82 Å². The Bertz CT molecular complexity index is 756. The van der Waals surface area contributed by atoms with Crippen LogP contribution in [0.25, 0.3) is 10.9 Å². The molecule has 0 aliphatic carbocycles. The molecular weight excluding hydrogens is 273 g/mol. The van der Waals surface area contributed by atoms with Crippen LogP contribution in [0.15, 0.2) is 29.1 Å². The molecule has 1 atom stereocenters. The maximum Gasteiger partial charge on any atom is 0.255 e. The number of rotatable bonds is 1. The van der Waals surface area contributed by atoms with Gasteiger partial charge in [-0.1, -0.05) is 0 Å². The summed E-state index contributed by atoms with van der Waals surface area (Å²) in [6.07, 6.45) is 0. The van der Waals surface area contributed by atoms with Crippen LogP contribution in [0, 0.1) is 5.82 Å². The van der Waals surface area contributed by atoms with Gasteiger partial charge in [-0.25, -0.2) is 4.39 Å². The zero-order valence-electron chi connectivity index (χ0n) is 11.6. The van der Waals surface area contributed by atoms with Gasteiger partial charge in [-0.3, -0.25) is 9.59 Å². The number of aromatic amines is 1. The second-order valence-corrected chi connectivity index (χ2v) is 5.29. The lowest BCUT2D eigenvalue weighted by molar-refractivity contribution is 0.0657. The molecule has 21 heavy (non-hydrogen) atoms. The van der Waals surface area contributed by atoms with Crippen LogP contribution in [0.5, 0.6) is 0 Å². The normalized spacial score (nSPS) is 19.0. The third-order valence-corrected chi connectivity index (χ3v) is 3.80. The van der Waals surface area contributed by atoms with Gasteiger partial charge >= 0.3 is 0 Å². The van der Waals surface area contributed by atoms with E-state index in [2.05, 4.69) is 10.3 Å². The van der Waals surface area contributed by atoms with E-state index in [0.29, 0.717) is 23.0 Å². The fourth-order valence-electron chi connectivity index (χ4n) is 2.71. The molecule has 0 bridgehead atoms. The van der Waals surface area contributed by atoms with Crippen LogP contribution in [0.1, 0.15) is 17.3 Å². The minimum absolute atomic E-state index is 0.0565. The molecule has 1 aliphatic rings. The summed E-state index contributed by atoms with van der Waals surface area (Å²) in [5, 5.41) is 3.78. The highest BCUT2D eigenvalue weighted by Gasteiger charge is 2.25. The van der Waals surface area contributed by atoms with Crippen LogP contribution in [0.3, 0.4) is 0 Å². The van der Waals surface area contributed by atoms with Gasteiger partial charge in [0.05, 0.1) is 11.1 Å². The van der Waals surface area contributed by atoms with Crippen molar-refractivity contribution in [2.45, 2.75) is 13.0 Å². The maximum atomic E-state index is 13.3. The van der Waals surface area contributed by atoms with Crippen molar-refractivity contribution in [1.82, 2.24) is 15.2 Å². The largest absolute Gasteiger partial charge is 0.333 e. The van der Waals surface area contributed by atoms with Crippen molar-refractivity contribution in [3.8, 4) is 0 Å². The third-order valence-electron chi connectivity index (χ3n) is 3.80. The Hall–Kier alpha value is -2.21. The van der Waals surface area contributed by atoms with Crippen molar-refractivity contribution in [1.29, 1.82) is 0 Å². The van der Waals surface area contributed by atoms with E-state index >= 15 is 0 Å². The van der Waals surface area contributed by atoms with E-state index in [0.717, 1.165) is 13.1 Å². The molecule has 110 valence electrons. The lowest BCUT2D eigenvalue weighted by Gasteiger charge is -2.34. The summed E-state index contributed by atoms with van der Waals surface area (Å²) in [5.41, 5.74) is 0.260. The summed E-state index contributed by atoms with van der Waals surface area (Å²) >= 11 is 0. The number of piperazine rings is 1. The summed E-state index contributed by atoms with van der Waals surface area (Å²) in [4.78, 5) is 28.7. The van der Waals surface area contributed by atoms with E-state index in [4.69, 9.17) is 0 Å². The standard InChI is InChI=1S/C15H16FN3O2/c1-9-8-17-4-5-19(9)15(21)12-7-14(20)18-13-6-10(16)2-3-11(12)13/h2-3,6-7,9,17H,4-5,8H2,1H3,(H,18,20). The molecule has 1 aliphatic heterocycles. The predicted molar refractivity (Wildman–Crippen MR) is 77.9 cm³/mol. The Labute approximate surface area is 120 Å². The highest BCUT2D eigenvalue weighted by molar-refractivity contribution is 6.06. The van der Waals surface area contributed by atoms with Crippen LogP contribution >= 0.6 is 0 Å². The molecule has 1 unspecified atom stereocenters. The number of aromatic nitrogens is 1. The summed E-state index contributed by atoms with van der Waals surface area (Å²) in [6.45, 7) is 4.00. The Kier molecular flexibility index (Phi) is 3.47. The second kappa shape index (κ2) is 5.29. The molecule has 2 N–H and O–H groups in total. The number of benzene rings is 1. The first-order valence-corrected chi connectivity index (χ1v) is 6.90. The predicted octanol–water partition coefficient (Wildman–Crippen LogP) is 1.10. The average molecular weight is 289 g/mol. The number of nitrogens with one attached hydrogen (secondary N) is 2. The van der Waals surface area contributed by atoms with Crippen molar-refractivity contribution >= 4 is 16.8 Å². The van der Waals surface area contributed by atoms with Gasteiger partial charge < -0.3 is 15.2 Å². The van der Waals surface area contributed by atoms with E-state index in [-0.39, 0.29) is 11.9 Å². The van der Waals surface area contributed by atoms with Crippen molar-refractivity contribution in [3.05, 3.63) is 46.0 Å². The number of carbonyl (C=O) groups excluding carboxylic acids is 1. The van der Waals surface area contributed by atoms with Gasteiger partial charge in [-0.2, -0.15) is 0 Å². The second-order valence-electron chi connectivity index (χ2n) is 5.29. The van der Waals surface area contributed by atoms with Crippen LogP contribution in [-0.4, -0.2) is 41.5 Å². The molecular formula is C15H16FN3O2. The van der Waals surface area contributed by atoms with Crippen molar-refractivity contribution in [3.63, 3.8) is 0 Å². The SMILES string of the molecule is CC1CNCCN1C(=O)c1cc(=O)[nH]c2cc(F)ccc12. The highest BCUT2D eigenvalue weighted by Crippen LogP contribution is 2.19. The minimum Gasteiger partial charge on any atom is -0.333 e. The monoisotopic (exact) mass is 289 g/mol. The number of halogens is 1. The highest BCUT2D eigenvalue weighted by atomic mass is 19.1. The van der Waals surface area contributed by atoms with Gasteiger partial charge in [0.2, 0.25) is 5.56 Å². The fourth-order valence-corrected chi connectivity index (χ4v) is 2.71. The average Bonchev–Trinajstić information content (AvgIpc) is 2.45. The molecule has 1 fully saturated rings.